The first-order valence-corrected chi connectivity index (χ1v) is 7.16. The SMILES string of the molecule is N#Cc1ccc(NC2CCCCC2O)c2ccccc12. The van der Waals surface area contributed by atoms with Crippen LogP contribution in [0.25, 0.3) is 10.8 Å². The number of aliphatic hydroxyl groups excluding tert-OH is 1. The zero-order chi connectivity index (χ0) is 13.9. The molecular weight excluding hydrogens is 248 g/mol. The van der Waals surface area contributed by atoms with Crippen LogP contribution in [0.1, 0.15) is 31.2 Å². The van der Waals surface area contributed by atoms with Crippen molar-refractivity contribution in [2.45, 2.75) is 37.8 Å². The van der Waals surface area contributed by atoms with Gasteiger partial charge in [-0.15, -0.1) is 0 Å². The Bertz CT molecular complexity index is 660. The van der Waals surface area contributed by atoms with Crippen LogP contribution >= 0.6 is 0 Å². The number of anilines is 1. The summed E-state index contributed by atoms with van der Waals surface area (Å²) in [6, 6.07) is 14.1. The van der Waals surface area contributed by atoms with Gasteiger partial charge >= 0.3 is 0 Å². The van der Waals surface area contributed by atoms with Crippen LogP contribution in [0.2, 0.25) is 0 Å². The van der Waals surface area contributed by atoms with Gasteiger partial charge in [0.05, 0.1) is 23.8 Å². The standard InChI is InChI=1S/C17H18N2O/c18-11-12-9-10-15(14-6-2-1-5-13(12)14)19-16-7-3-4-8-17(16)20/h1-2,5-6,9-10,16-17,19-20H,3-4,7-8H2. The molecule has 0 aromatic heterocycles. The number of hydrogen-bond acceptors (Lipinski definition) is 3. The Labute approximate surface area is 118 Å². The van der Waals surface area contributed by atoms with Gasteiger partial charge in [0.1, 0.15) is 0 Å². The van der Waals surface area contributed by atoms with Crippen LogP contribution in [0.5, 0.6) is 0 Å². The molecule has 2 aromatic carbocycles. The number of aliphatic hydroxyl groups is 1. The van der Waals surface area contributed by atoms with E-state index in [1.807, 2.05) is 36.4 Å². The Balaban J connectivity index is 1.98. The number of benzene rings is 2. The van der Waals surface area contributed by atoms with Crippen molar-refractivity contribution in [3.05, 3.63) is 42.0 Å². The summed E-state index contributed by atoms with van der Waals surface area (Å²) in [6.45, 7) is 0. The zero-order valence-electron chi connectivity index (χ0n) is 11.3. The van der Waals surface area contributed by atoms with Crippen LogP contribution in [0, 0.1) is 11.3 Å². The maximum Gasteiger partial charge on any atom is 0.0998 e. The van der Waals surface area contributed by atoms with Crippen molar-refractivity contribution in [2.24, 2.45) is 0 Å². The predicted molar refractivity (Wildman–Crippen MR) is 80.5 cm³/mol. The van der Waals surface area contributed by atoms with Gasteiger partial charge < -0.3 is 10.4 Å². The van der Waals surface area contributed by atoms with Gasteiger partial charge in [0.25, 0.3) is 0 Å². The van der Waals surface area contributed by atoms with Crippen molar-refractivity contribution in [3.8, 4) is 6.07 Å². The largest absolute Gasteiger partial charge is 0.391 e. The second kappa shape index (κ2) is 5.52. The summed E-state index contributed by atoms with van der Waals surface area (Å²) in [6.07, 6.45) is 3.84. The average molecular weight is 266 g/mol. The molecule has 0 heterocycles. The predicted octanol–water partition coefficient (Wildman–Crippen LogP) is 3.43. The number of rotatable bonds is 2. The van der Waals surface area contributed by atoms with Crippen molar-refractivity contribution in [2.75, 3.05) is 5.32 Å². The highest BCUT2D eigenvalue weighted by Crippen LogP contribution is 2.29. The van der Waals surface area contributed by atoms with E-state index in [4.69, 9.17) is 0 Å². The molecule has 2 N–H and O–H groups in total. The van der Waals surface area contributed by atoms with E-state index in [9.17, 15) is 10.4 Å². The lowest BCUT2D eigenvalue weighted by Gasteiger charge is -2.29. The molecule has 20 heavy (non-hydrogen) atoms. The topological polar surface area (TPSA) is 56.0 Å². The van der Waals surface area contributed by atoms with Crippen LogP contribution < -0.4 is 5.32 Å². The molecule has 0 aliphatic heterocycles. The molecule has 3 rings (SSSR count). The normalized spacial score (nSPS) is 22.4. The zero-order valence-corrected chi connectivity index (χ0v) is 11.3. The maximum atomic E-state index is 10.1. The van der Waals surface area contributed by atoms with Gasteiger partial charge in [-0.1, -0.05) is 37.1 Å². The van der Waals surface area contributed by atoms with Crippen molar-refractivity contribution >= 4 is 16.5 Å². The minimum absolute atomic E-state index is 0.111. The second-order valence-corrected chi connectivity index (χ2v) is 5.42. The molecule has 0 saturated heterocycles. The molecule has 102 valence electrons. The molecule has 0 bridgehead atoms. The summed E-state index contributed by atoms with van der Waals surface area (Å²) in [4.78, 5) is 0. The molecule has 0 spiro atoms. The van der Waals surface area contributed by atoms with Crippen LogP contribution in [0.3, 0.4) is 0 Å². The van der Waals surface area contributed by atoms with Crippen LogP contribution in [-0.4, -0.2) is 17.3 Å². The average Bonchev–Trinajstić information content (AvgIpc) is 2.50. The highest BCUT2D eigenvalue weighted by molar-refractivity contribution is 5.97. The van der Waals surface area contributed by atoms with Gasteiger partial charge in [0.15, 0.2) is 0 Å². The van der Waals surface area contributed by atoms with Gasteiger partial charge in [0.2, 0.25) is 0 Å². The number of nitrogens with zero attached hydrogens (tertiary/aromatic N) is 1. The molecule has 1 saturated carbocycles. The minimum Gasteiger partial charge on any atom is -0.391 e. The van der Waals surface area contributed by atoms with Gasteiger partial charge in [-0.2, -0.15) is 5.26 Å². The molecule has 0 amide bonds. The molecule has 2 atom stereocenters. The van der Waals surface area contributed by atoms with E-state index in [-0.39, 0.29) is 12.1 Å². The quantitative estimate of drug-likeness (QED) is 0.875. The Kier molecular flexibility index (Phi) is 3.58. The third kappa shape index (κ3) is 2.35. The Morgan fingerprint density at radius 3 is 2.55 bits per heavy atom. The lowest BCUT2D eigenvalue weighted by atomic mass is 9.92. The van der Waals surface area contributed by atoms with E-state index in [2.05, 4.69) is 11.4 Å². The second-order valence-electron chi connectivity index (χ2n) is 5.42. The van der Waals surface area contributed by atoms with Gasteiger partial charge in [-0.25, -0.2) is 0 Å². The maximum absolute atomic E-state index is 10.1. The first-order valence-electron chi connectivity index (χ1n) is 7.16. The van der Waals surface area contributed by atoms with E-state index in [1.54, 1.807) is 0 Å². The molecule has 1 aliphatic rings. The highest BCUT2D eigenvalue weighted by atomic mass is 16.3. The van der Waals surface area contributed by atoms with E-state index < -0.39 is 0 Å². The molecule has 2 aromatic rings. The smallest absolute Gasteiger partial charge is 0.0998 e. The van der Waals surface area contributed by atoms with Crippen molar-refractivity contribution in [1.29, 1.82) is 5.26 Å². The number of nitriles is 1. The van der Waals surface area contributed by atoms with E-state index in [1.165, 1.54) is 0 Å². The lowest BCUT2D eigenvalue weighted by Crippen LogP contribution is -2.36. The Morgan fingerprint density at radius 1 is 1.05 bits per heavy atom. The van der Waals surface area contributed by atoms with Gasteiger partial charge in [0, 0.05) is 16.5 Å². The van der Waals surface area contributed by atoms with Crippen LogP contribution in [0.15, 0.2) is 36.4 Å². The number of nitrogens with one attached hydrogen (secondary N) is 1. The molecule has 1 fully saturated rings. The highest BCUT2D eigenvalue weighted by Gasteiger charge is 2.23. The monoisotopic (exact) mass is 266 g/mol. The van der Waals surface area contributed by atoms with E-state index in [0.717, 1.165) is 42.1 Å². The minimum atomic E-state index is -0.279. The van der Waals surface area contributed by atoms with E-state index >= 15 is 0 Å². The summed E-state index contributed by atoms with van der Waals surface area (Å²) in [7, 11) is 0. The molecular formula is C17H18N2O. The Hall–Kier alpha value is -2.05. The first kappa shape index (κ1) is 13.0. The third-order valence-electron chi connectivity index (χ3n) is 4.11. The lowest BCUT2D eigenvalue weighted by molar-refractivity contribution is 0.116. The summed E-state index contributed by atoms with van der Waals surface area (Å²) >= 11 is 0. The third-order valence-corrected chi connectivity index (χ3v) is 4.11. The van der Waals surface area contributed by atoms with E-state index in [0.29, 0.717) is 5.56 Å². The molecule has 3 heteroatoms. The summed E-state index contributed by atoms with van der Waals surface area (Å²) in [5.41, 5.74) is 1.70. The number of fused-ring (bicyclic) bond motifs is 1. The summed E-state index contributed by atoms with van der Waals surface area (Å²) in [5.74, 6) is 0. The molecule has 2 unspecified atom stereocenters. The Morgan fingerprint density at radius 2 is 1.80 bits per heavy atom. The molecule has 1 aliphatic carbocycles. The van der Waals surface area contributed by atoms with Crippen molar-refractivity contribution in [1.82, 2.24) is 0 Å². The molecule has 0 radical (unpaired) electrons. The fourth-order valence-electron chi connectivity index (χ4n) is 3.00. The fourth-order valence-corrected chi connectivity index (χ4v) is 3.00. The first-order chi connectivity index (χ1) is 9.79. The summed E-state index contributed by atoms with van der Waals surface area (Å²) in [5, 5.41) is 24.7. The van der Waals surface area contributed by atoms with Crippen LogP contribution in [0.4, 0.5) is 5.69 Å². The summed E-state index contributed by atoms with van der Waals surface area (Å²) < 4.78 is 0. The number of hydrogen-bond donors (Lipinski definition) is 2. The van der Waals surface area contributed by atoms with Crippen LogP contribution in [-0.2, 0) is 0 Å². The van der Waals surface area contributed by atoms with Gasteiger partial charge in [-0.3, -0.25) is 0 Å². The molecule has 3 nitrogen and oxygen atoms in total. The van der Waals surface area contributed by atoms with Crippen molar-refractivity contribution in [3.63, 3.8) is 0 Å². The van der Waals surface area contributed by atoms with Crippen molar-refractivity contribution < 1.29 is 5.11 Å². The fraction of sp³-hybridized carbons (Fsp3) is 0.353. The van der Waals surface area contributed by atoms with Gasteiger partial charge in [-0.05, 0) is 25.0 Å².